The highest BCUT2D eigenvalue weighted by Crippen LogP contribution is 2.26. The molecule has 1 aliphatic heterocycles. The number of likely N-dealkylation sites (tertiary alicyclic amines) is 1. The van der Waals surface area contributed by atoms with E-state index in [0.29, 0.717) is 5.92 Å². The van der Waals surface area contributed by atoms with Crippen LogP contribution in [0.15, 0.2) is 35.3 Å². The van der Waals surface area contributed by atoms with Crippen LogP contribution in [0.4, 0.5) is 0 Å². The lowest BCUT2D eigenvalue weighted by Gasteiger charge is -2.20. The number of rotatable bonds is 6. The molecular formula is C16H26N4O. The quantitative estimate of drug-likeness (QED) is 0.275. The van der Waals surface area contributed by atoms with Gasteiger partial charge in [0.15, 0.2) is 0 Å². The average molecular weight is 290 g/mol. The highest BCUT2D eigenvalue weighted by molar-refractivity contribution is 5.79. The second-order valence-corrected chi connectivity index (χ2v) is 5.24. The fourth-order valence-electron chi connectivity index (χ4n) is 2.68. The van der Waals surface area contributed by atoms with Crippen LogP contribution in [-0.2, 0) is 4.74 Å². The van der Waals surface area contributed by atoms with Crippen molar-refractivity contribution in [1.29, 1.82) is 0 Å². The minimum atomic E-state index is 0.563. The Kier molecular flexibility index (Phi) is 6.50. The molecule has 1 aromatic rings. The van der Waals surface area contributed by atoms with Crippen molar-refractivity contribution in [3.05, 3.63) is 35.9 Å². The number of ether oxygens (including phenoxy) is 1. The summed E-state index contributed by atoms with van der Waals surface area (Å²) >= 11 is 0. The number of nitrogens with zero attached hydrogens (tertiary/aromatic N) is 2. The molecule has 0 radical (unpaired) electrons. The molecule has 0 spiro atoms. The van der Waals surface area contributed by atoms with Crippen molar-refractivity contribution in [2.45, 2.75) is 25.7 Å². The first-order valence-electron chi connectivity index (χ1n) is 7.73. The van der Waals surface area contributed by atoms with Gasteiger partial charge in [0.1, 0.15) is 0 Å². The Morgan fingerprint density at radius 2 is 2.24 bits per heavy atom. The predicted molar refractivity (Wildman–Crippen MR) is 86.1 cm³/mol. The van der Waals surface area contributed by atoms with Crippen molar-refractivity contribution >= 4 is 5.96 Å². The van der Waals surface area contributed by atoms with Gasteiger partial charge in [-0.25, -0.2) is 5.84 Å². The van der Waals surface area contributed by atoms with E-state index >= 15 is 0 Å². The molecule has 3 N–H and O–H groups in total. The maximum atomic E-state index is 5.62. The molecule has 0 bridgehead atoms. The first-order valence-corrected chi connectivity index (χ1v) is 7.73. The molecule has 2 rings (SSSR count). The lowest BCUT2D eigenvalue weighted by atomic mass is 9.99. The summed E-state index contributed by atoms with van der Waals surface area (Å²) in [4.78, 5) is 6.79. The summed E-state index contributed by atoms with van der Waals surface area (Å²) in [5.41, 5.74) is 4.14. The Morgan fingerprint density at radius 1 is 1.43 bits per heavy atom. The van der Waals surface area contributed by atoms with Crippen LogP contribution in [0.1, 0.15) is 31.2 Å². The van der Waals surface area contributed by atoms with Crippen molar-refractivity contribution in [2.24, 2.45) is 10.8 Å². The SMILES string of the molecule is CCOCCCN=C(NN)N1CCC(c2ccccc2)C1. The van der Waals surface area contributed by atoms with Gasteiger partial charge in [0.25, 0.3) is 0 Å². The highest BCUT2D eigenvalue weighted by Gasteiger charge is 2.25. The molecule has 0 amide bonds. The fraction of sp³-hybridized carbons (Fsp3) is 0.562. The number of aliphatic imine (C=N–C) groups is 1. The molecule has 5 nitrogen and oxygen atoms in total. The van der Waals surface area contributed by atoms with Crippen LogP contribution in [0.3, 0.4) is 0 Å². The minimum Gasteiger partial charge on any atom is -0.382 e. The van der Waals surface area contributed by atoms with Crippen LogP contribution in [0.5, 0.6) is 0 Å². The topological polar surface area (TPSA) is 62.9 Å². The second kappa shape index (κ2) is 8.64. The normalized spacial score (nSPS) is 19.0. The zero-order valence-electron chi connectivity index (χ0n) is 12.8. The Hall–Kier alpha value is -1.59. The Balaban J connectivity index is 1.84. The summed E-state index contributed by atoms with van der Waals surface area (Å²) in [5, 5.41) is 0. The lowest BCUT2D eigenvalue weighted by Crippen LogP contribution is -2.43. The lowest BCUT2D eigenvalue weighted by molar-refractivity contribution is 0.146. The van der Waals surface area contributed by atoms with Crippen LogP contribution < -0.4 is 11.3 Å². The minimum absolute atomic E-state index is 0.563. The van der Waals surface area contributed by atoms with Crippen molar-refractivity contribution in [1.82, 2.24) is 10.3 Å². The highest BCUT2D eigenvalue weighted by atomic mass is 16.5. The average Bonchev–Trinajstić information content (AvgIpc) is 3.01. The summed E-state index contributed by atoms with van der Waals surface area (Å²) in [7, 11) is 0. The molecule has 1 unspecified atom stereocenters. The van der Waals surface area contributed by atoms with Gasteiger partial charge in [0, 0.05) is 38.8 Å². The zero-order valence-corrected chi connectivity index (χ0v) is 12.8. The first-order chi connectivity index (χ1) is 10.3. The van der Waals surface area contributed by atoms with Crippen LogP contribution in [-0.4, -0.2) is 43.7 Å². The predicted octanol–water partition coefficient (Wildman–Crippen LogP) is 1.72. The van der Waals surface area contributed by atoms with Gasteiger partial charge < -0.3 is 9.64 Å². The molecule has 0 aromatic heterocycles. The number of guanidine groups is 1. The largest absolute Gasteiger partial charge is 0.382 e. The Labute approximate surface area is 127 Å². The van der Waals surface area contributed by atoms with Crippen molar-refractivity contribution in [3.63, 3.8) is 0 Å². The molecule has 0 saturated carbocycles. The summed E-state index contributed by atoms with van der Waals surface area (Å²) < 4.78 is 5.31. The first kappa shape index (κ1) is 15.8. The molecule has 1 heterocycles. The van der Waals surface area contributed by atoms with Crippen LogP contribution in [0, 0.1) is 0 Å². The second-order valence-electron chi connectivity index (χ2n) is 5.24. The molecule has 1 saturated heterocycles. The van der Waals surface area contributed by atoms with Gasteiger partial charge in [0.2, 0.25) is 5.96 Å². The standard InChI is InChI=1S/C16H26N4O/c1-2-21-12-6-10-18-16(19-17)20-11-9-15(13-20)14-7-4-3-5-8-14/h3-5,7-8,15H,2,6,9-13,17H2,1H3,(H,18,19). The van der Waals surface area contributed by atoms with Crippen LogP contribution in [0.25, 0.3) is 0 Å². The fourth-order valence-corrected chi connectivity index (χ4v) is 2.68. The van der Waals surface area contributed by atoms with Crippen molar-refractivity contribution < 1.29 is 4.74 Å². The number of hydrazine groups is 1. The maximum absolute atomic E-state index is 5.62. The molecule has 21 heavy (non-hydrogen) atoms. The number of hydrogen-bond acceptors (Lipinski definition) is 3. The molecule has 1 aromatic carbocycles. The molecule has 1 fully saturated rings. The molecular weight excluding hydrogens is 264 g/mol. The third-order valence-corrected chi connectivity index (χ3v) is 3.80. The third-order valence-electron chi connectivity index (χ3n) is 3.80. The summed E-state index contributed by atoms with van der Waals surface area (Å²) in [6.07, 6.45) is 2.07. The van der Waals surface area contributed by atoms with E-state index in [9.17, 15) is 0 Å². The zero-order chi connectivity index (χ0) is 14.9. The van der Waals surface area contributed by atoms with Gasteiger partial charge in [-0.2, -0.15) is 0 Å². The molecule has 116 valence electrons. The van der Waals surface area contributed by atoms with E-state index in [4.69, 9.17) is 10.6 Å². The van der Waals surface area contributed by atoms with Gasteiger partial charge in [-0.3, -0.25) is 10.4 Å². The summed E-state index contributed by atoms with van der Waals surface area (Å²) in [6, 6.07) is 10.7. The van der Waals surface area contributed by atoms with E-state index in [1.165, 1.54) is 5.56 Å². The molecule has 0 aliphatic carbocycles. The van der Waals surface area contributed by atoms with Gasteiger partial charge in [-0.05, 0) is 25.3 Å². The monoisotopic (exact) mass is 290 g/mol. The Bertz CT molecular complexity index is 435. The van der Waals surface area contributed by atoms with Crippen molar-refractivity contribution in [3.8, 4) is 0 Å². The molecule has 5 heteroatoms. The number of nitrogens with two attached hydrogens (primary N) is 1. The number of benzene rings is 1. The van der Waals surface area contributed by atoms with Crippen molar-refractivity contribution in [2.75, 3.05) is 32.8 Å². The van der Waals surface area contributed by atoms with E-state index < -0.39 is 0 Å². The molecule has 1 atom stereocenters. The van der Waals surface area contributed by atoms with Gasteiger partial charge in [-0.1, -0.05) is 30.3 Å². The summed E-state index contributed by atoms with van der Waals surface area (Å²) in [6.45, 7) is 6.23. The van der Waals surface area contributed by atoms with E-state index in [2.05, 4.69) is 45.6 Å². The number of hydrogen-bond donors (Lipinski definition) is 2. The van der Waals surface area contributed by atoms with Crippen LogP contribution >= 0.6 is 0 Å². The smallest absolute Gasteiger partial charge is 0.208 e. The maximum Gasteiger partial charge on any atom is 0.208 e. The molecule has 1 aliphatic rings. The van der Waals surface area contributed by atoms with E-state index in [0.717, 1.165) is 51.6 Å². The van der Waals surface area contributed by atoms with E-state index in [-0.39, 0.29) is 0 Å². The van der Waals surface area contributed by atoms with E-state index in [1.807, 2.05) is 6.92 Å². The van der Waals surface area contributed by atoms with Gasteiger partial charge in [0.05, 0.1) is 0 Å². The third kappa shape index (κ3) is 4.72. The van der Waals surface area contributed by atoms with Gasteiger partial charge >= 0.3 is 0 Å². The van der Waals surface area contributed by atoms with Crippen LogP contribution in [0.2, 0.25) is 0 Å². The summed E-state index contributed by atoms with van der Waals surface area (Å²) in [5.74, 6) is 6.98. The Morgan fingerprint density at radius 3 is 2.95 bits per heavy atom. The number of nitrogens with one attached hydrogen (secondary N) is 1. The van der Waals surface area contributed by atoms with E-state index in [1.54, 1.807) is 0 Å². The van der Waals surface area contributed by atoms with Gasteiger partial charge in [-0.15, -0.1) is 0 Å².